The monoisotopic (exact) mass is 205 g/mol. The van der Waals surface area contributed by atoms with Crippen LogP contribution < -0.4 is 5.32 Å². The Morgan fingerprint density at radius 2 is 1.87 bits per heavy atom. The molecule has 1 heterocycles. The second kappa shape index (κ2) is 4.87. The molecule has 80 valence electrons. The highest BCUT2D eigenvalue weighted by Crippen LogP contribution is 2.17. The van der Waals surface area contributed by atoms with E-state index in [0.717, 1.165) is 12.8 Å². The van der Waals surface area contributed by atoms with Gasteiger partial charge in [-0.25, -0.2) is 9.97 Å². The summed E-state index contributed by atoms with van der Waals surface area (Å²) in [4.78, 5) is 19.5. The van der Waals surface area contributed by atoms with Gasteiger partial charge in [0.25, 0.3) is 5.91 Å². The van der Waals surface area contributed by atoms with E-state index in [4.69, 9.17) is 0 Å². The third-order valence-corrected chi connectivity index (χ3v) is 2.71. The van der Waals surface area contributed by atoms with Gasteiger partial charge in [0.15, 0.2) is 0 Å². The first-order valence-corrected chi connectivity index (χ1v) is 5.44. The van der Waals surface area contributed by atoms with Crippen LogP contribution in [0.4, 0.5) is 0 Å². The molecule has 0 atom stereocenters. The molecule has 0 spiro atoms. The van der Waals surface area contributed by atoms with Crippen molar-refractivity contribution in [3.8, 4) is 0 Å². The predicted molar refractivity (Wildman–Crippen MR) is 56.4 cm³/mol. The van der Waals surface area contributed by atoms with Gasteiger partial charge in [-0.1, -0.05) is 19.3 Å². The number of nitrogens with zero attached hydrogens (tertiary/aromatic N) is 2. The van der Waals surface area contributed by atoms with E-state index >= 15 is 0 Å². The van der Waals surface area contributed by atoms with E-state index in [1.807, 2.05) is 0 Å². The predicted octanol–water partition coefficient (Wildman–Crippen LogP) is 1.54. The maximum absolute atomic E-state index is 11.7. The summed E-state index contributed by atoms with van der Waals surface area (Å²) in [5.41, 5.74) is 0. The summed E-state index contributed by atoms with van der Waals surface area (Å²) in [6.07, 6.45) is 9.04. The second-order valence-corrected chi connectivity index (χ2v) is 3.88. The number of carbonyl (C=O) groups excluding carboxylic acids is 1. The van der Waals surface area contributed by atoms with Crippen molar-refractivity contribution in [2.24, 2.45) is 0 Å². The first kappa shape index (κ1) is 10.1. The summed E-state index contributed by atoms with van der Waals surface area (Å²) in [6.45, 7) is 0. The number of rotatable bonds is 2. The van der Waals surface area contributed by atoms with Crippen LogP contribution in [0.1, 0.15) is 42.7 Å². The molecule has 4 heteroatoms. The molecular weight excluding hydrogens is 190 g/mol. The van der Waals surface area contributed by atoms with Crippen LogP contribution in [0.2, 0.25) is 0 Å². The standard InChI is InChI=1S/C11H15N3O/c15-11(10-12-7-4-8-13-10)14-9-5-2-1-3-6-9/h4,7-9H,1-3,5-6H2,(H,14,15). The van der Waals surface area contributed by atoms with E-state index in [-0.39, 0.29) is 11.7 Å². The number of carbonyl (C=O) groups is 1. The Kier molecular flexibility index (Phi) is 3.27. The van der Waals surface area contributed by atoms with E-state index in [2.05, 4.69) is 15.3 Å². The molecule has 2 rings (SSSR count). The summed E-state index contributed by atoms with van der Waals surface area (Å²) in [5.74, 6) is 0.116. The lowest BCUT2D eigenvalue weighted by Gasteiger charge is -2.22. The average molecular weight is 205 g/mol. The van der Waals surface area contributed by atoms with Crippen LogP contribution in [0.5, 0.6) is 0 Å². The molecular formula is C11H15N3O. The maximum Gasteiger partial charge on any atom is 0.289 e. The van der Waals surface area contributed by atoms with E-state index in [1.165, 1.54) is 19.3 Å². The molecule has 15 heavy (non-hydrogen) atoms. The molecule has 0 aromatic carbocycles. The van der Waals surface area contributed by atoms with E-state index in [0.29, 0.717) is 6.04 Å². The molecule has 1 aromatic heterocycles. The summed E-state index contributed by atoms with van der Waals surface area (Å²) in [7, 11) is 0. The minimum absolute atomic E-state index is 0.150. The molecule has 1 amide bonds. The minimum atomic E-state index is -0.150. The highest BCUT2D eigenvalue weighted by atomic mass is 16.2. The van der Waals surface area contributed by atoms with Gasteiger partial charge < -0.3 is 5.32 Å². The Labute approximate surface area is 89.1 Å². The zero-order valence-corrected chi connectivity index (χ0v) is 8.65. The molecule has 1 N–H and O–H groups in total. The summed E-state index contributed by atoms with van der Waals surface area (Å²) in [5, 5.41) is 2.97. The maximum atomic E-state index is 11.7. The first-order valence-electron chi connectivity index (χ1n) is 5.44. The number of hydrogen-bond donors (Lipinski definition) is 1. The zero-order chi connectivity index (χ0) is 10.5. The molecule has 1 aromatic rings. The van der Waals surface area contributed by atoms with Gasteiger partial charge in [-0.15, -0.1) is 0 Å². The van der Waals surface area contributed by atoms with Crippen LogP contribution in [0.15, 0.2) is 18.5 Å². The normalized spacial score (nSPS) is 17.3. The van der Waals surface area contributed by atoms with Crippen LogP contribution >= 0.6 is 0 Å². The van der Waals surface area contributed by atoms with Gasteiger partial charge in [-0.05, 0) is 18.9 Å². The van der Waals surface area contributed by atoms with Crippen molar-refractivity contribution in [1.29, 1.82) is 0 Å². The van der Waals surface area contributed by atoms with Crippen LogP contribution in [0.3, 0.4) is 0 Å². The molecule has 1 saturated carbocycles. The van der Waals surface area contributed by atoms with Crippen LogP contribution in [-0.2, 0) is 0 Å². The quantitative estimate of drug-likeness (QED) is 0.796. The summed E-state index contributed by atoms with van der Waals surface area (Å²) < 4.78 is 0. The van der Waals surface area contributed by atoms with Crippen molar-refractivity contribution in [2.45, 2.75) is 38.1 Å². The lowest BCUT2D eigenvalue weighted by molar-refractivity contribution is 0.0917. The number of aromatic nitrogens is 2. The van der Waals surface area contributed by atoms with Gasteiger partial charge in [-0.3, -0.25) is 4.79 Å². The van der Waals surface area contributed by atoms with Crippen LogP contribution in [0.25, 0.3) is 0 Å². The molecule has 0 radical (unpaired) electrons. The highest BCUT2D eigenvalue weighted by molar-refractivity contribution is 5.90. The average Bonchev–Trinajstić information content (AvgIpc) is 2.31. The molecule has 1 aliphatic rings. The Balaban J connectivity index is 1.91. The number of hydrogen-bond acceptors (Lipinski definition) is 3. The Morgan fingerprint density at radius 3 is 2.53 bits per heavy atom. The fourth-order valence-corrected chi connectivity index (χ4v) is 1.91. The molecule has 1 fully saturated rings. The van der Waals surface area contributed by atoms with E-state index in [1.54, 1.807) is 18.5 Å². The summed E-state index contributed by atoms with van der Waals surface area (Å²) >= 11 is 0. The molecule has 1 aliphatic carbocycles. The Bertz CT molecular complexity index is 320. The van der Waals surface area contributed by atoms with Crippen molar-refractivity contribution in [2.75, 3.05) is 0 Å². The highest BCUT2D eigenvalue weighted by Gasteiger charge is 2.17. The summed E-state index contributed by atoms with van der Waals surface area (Å²) in [6, 6.07) is 2.02. The van der Waals surface area contributed by atoms with Gasteiger partial charge in [0.2, 0.25) is 5.82 Å². The van der Waals surface area contributed by atoms with Gasteiger partial charge >= 0.3 is 0 Å². The van der Waals surface area contributed by atoms with Crippen molar-refractivity contribution in [3.05, 3.63) is 24.3 Å². The molecule has 4 nitrogen and oxygen atoms in total. The lowest BCUT2D eigenvalue weighted by atomic mass is 9.95. The fraction of sp³-hybridized carbons (Fsp3) is 0.545. The second-order valence-electron chi connectivity index (χ2n) is 3.88. The Hall–Kier alpha value is -1.45. The van der Waals surface area contributed by atoms with E-state index < -0.39 is 0 Å². The fourth-order valence-electron chi connectivity index (χ4n) is 1.91. The molecule has 0 saturated heterocycles. The van der Waals surface area contributed by atoms with Crippen LogP contribution in [-0.4, -0.2) is 21.9 Å². The number of nitrogens with one attached hydrogen (secondary N) is 1. The largest absolute Gasteiger partial charge is 0.347 e. The third-order valence-electron chi connectivity index (χ3n) is 2.71. The number of amides is 1. The van der Waals surface area contributed by atoms with Crippen molar-refractivity contribution < 1.29 is 4.79 Å². The SMILES string of the molecule is O=C(NC1CCCCC1)c1ncccn1. The lowest BCUT2D eigenvalue weighted by Crippen LogP contribution is -2.36. The third kappa shape index (κ3) is 2.75. The van der Waals surface area contributed by atoms with Crippen molar-refractivity contribution in [1.82, 2.24) is 15.3 Å². The van der Waals surface area contributed by atoms with Gasteiger partial charge in [-0.2, -0.15) is 0 Å². The first-order chi connectivity index (χ1) is 7.36. The minimum Gasteiger partial charge on any atom is -0.347 e. The molecule has 0 bridgehead atoms. The van der Waals surface area contributed by atoms with Gasteiger partial charge in [0, 0.05) is 18.4 Å². The van der Waals surface area contributed by atoms with E-state index in [9.17, 15) is 4.79 Å². The van der Waals surface area contributed by atoms with Crippen molar-refractivity contribution in [3.63, 3.8) is 0 Å². The van der Waals surface area contributed by atoms with Gasteiger partial charge in [0.1, 0.15) is 0 Å². The zero-order valence-electron chi connectivity index (χ0n) is 8.65. The topological polar surface area (TPSA) is 54.9 Å². The Morgan fingerprint density at radius 1 is 1.20 bits per heavy atom. The molecule has 0 aliphatic heterocycles. The van der Waals surface area contributed by atoms with Gasteiger partial charge in [0.05, 0.1) is 0 Å². The smallest absolute Gasteiger partial charge is 0.289 e. The van der Waals surface area contributed by atoms with Crippen LogP contribution in [0, 0.1) is 0 Å². The van der Waals surface area contributed by atoms with Crippen molar-refractivity contribution >= 4 is 5.91 Å². The molecule has 0 unspecified atom stereocenters.